The van der Waals surface area contributed by atoms with Crippen LogP contribution in [0.3, 0.4) is 0 Å². The molecule has 119 valence electrons. The average molecular weight is 452 g/mol. The Kier molecular flexibility index (Phi) is 7.69. The van der Waals surface area contributed by atoms with Crippen molar-refractivity contribution in [2.24, 2.45) is 0 Å². The maximum absolute atomic E-state index is 10.6. The van der Waals surface area contributed by atoms with Crippen LogP contribution in [-0.4, -0.2) is 32.1 Å². The van der Waals surface area contributed by atoms with Crippen molar-refractivity contribution < 1.29 is 32.8 Å². The molecule has 0 atom stereocenters. The van der Waals surface area contributed by atoms with Crippen LogP contribution >= 0.6 is 29.1 Å². The molecular formula is C12H8Cl3N2O4Ru. The first-order valence-corrected chi connectivity index (χ1v) is 12.1. The van der Waals surface area contributed by atoms with Crippen LogP contribution in [0.15, 0.2) is 36.7 Å². The Morgan fingerprint density at radius 3 is 1.32 bits per heavy atom. The fourth-order valence-electron chi connectivity index (χ4n) is 1.34. The number of nitrogens with zero attached hydrogens (tertiary/aromatic N) is 2. The quantitative estimate of drug-likeness (QED) is 0.692. The molecule has 0 bridgehead atoms. The summed E-state index contributed by atoms with van der Waals surface area (Å²) in [6.07, 6.45) is 2.45. The van der Waals surface area contributed by atoms with Crippen molar-refractivity contribution in [3.63, 3.8) is 0 Å². The van der Waals surface area contributed by atoms with E-state index in [4.69, 9.17) is 39.3 Å². The number of aromatic nitrogens is 2. The fraction of sp³-hybridized carbons (Fsp3) is 0. The molecule has 0 aliphatic rings. The van der Waals surface area contributed by atoms with E-state index in [2.05, 4.69) is 9.97 Å². The summed E-state index contributed by atoms with van der Waals surface area (Å²) in [5.74, 6) is -2.11. The second-order valence-corrected chi connectivity index (χ2v) is 11.5. The predicted octanol–water partition coefficient (Wildman–Crippen LogP) is 3.61. The molecule has 10 heteroatoms. The van der Waals surface area contributed by atoms with E-state index in [0.29, 0.717) is 11.4 Å². The molecule has 2 rings (SSSR count). The third kappa shape index (κ3) is 6.24. The van der Waals surface area contributed by atoms with Crippen LogP contribution < -0.4 is 0 Å². The molecule has 0 saturated heterocycles. The summed E-state index contributed by atoms with van der Waals surface area (Å²) in [5.41, 5.74) is 1.13. The van der Waals surface area contributed by atoms with Gasteiger partial charge in [0, 0.05) is 12.4 Å². The van der Waals surface area contributed by atoms with Gasteiger partial charge in [-0.25, -0.2) is 9.59 Å². The normalized spacial score (nSPS) is 10.2. The van der Waals surface area contributed by atoms with E-state index in [0.717, 1.165) is 0 Å². The molecular weight excluding hydrogens is 444 g/mol. The zero-order chi connectivity index (χ0) is 16.7. The molecule has 0 unspecified atom stereocenters. The summed E-state index contributed by atoms with van der Waals surface area (Å²) >= 11 is -1.75. The molecule has 2 N–H and O–H groups in total. The molecule has 0 aliphatic heterocycles. The van der Waals surface area contributed by atoms with Gasteiger partial charge in [-0.3, -0.25) is 9.97 Å². The molecule has 0 spiro atoms. The van der Waals surface area contributed by atoms with Crippen LogP contribution in [-0.2, 0) is 13.0 Å². The third-order valence-electron chi connectivity index (χ3n) is 2.28. The average Bonchev–Trinajstić information content (AvgIpc) is 2.47. The molecule has 6 nitrogen and oxygen atoms in total. The van der Waals surface area contributed by atoms with Gasteiger partial charge in [-0.05, 0) is 24.3 Å². The molecule has 0 radical (unpaired) electrons. The van der Waals surface area contributed by atoms with Crippen molar-refractivity contribution in [2.45, 2.75) is 0 Å². The molecule has 0 aliphatic carbocycles. The molecule has 0 fully saturated rings. The second-order valence-electron chi connectivity index (χ2n) is 3.63. The van der Waals surface area contributed by atoms with Crippen LogP contribution in [0.25, 0.3) is 11.4 Å². The van der Waals surface area contributed by atoms with Gasteiger partial charge in [-0.2, -0.15) is 0 Å². The minimum absolute atomic E-state index is 0.0842. The zero-order valence-electron chi connectivity index (χ0n) is 10.6. The fourth-order valence-corrected chi connectivity index (χ4v) is 1.34. The predicted molar refractivity (Wildman–Crippen MR) is 78.9 cm³/mol. The SMILES string of the molecule is O=C(O)c1ccc(-c2ccc(C(=O)O)cn2)nc1.[Cl][Ru]([Cl])[Cl]. The number of hydrogen-bond acceptors (Lipinski definition) is 4. The van der Waals surface area contributed by atoms with E-state index in [1.807, 2.05) is 0 Å². The van der Waals surface area contributed by atoms with Crippen LogP contribution in [0.1, 0.15) is 20.7 Å². The Hall–Kier alpha value is -1.27. The van der Waals surface area contributed by atoms with E-state index >= 15 is 0 Å². The monoisotopic (exact) mass is 451 g/mol. The van der Waals surface area contributed by atoms with Crippen LogP contribution in [0, 0.1) is 0 Å². The van der Waals surface area contributed by atoms with Gasteiger partial charge < -0.3 is 10.2 Å². The third-order valence-corrected chi connectivity index (χ3v) is 2.28. The Balaban J connectivity index is 0.000000541. The summed E-state index contributed by atoms with van der Waals surface area (Å²) in [4.78, 5) is 29.2. The molecule has 0 aromatic carbocycles. The van der Waals surface area contributed by atoms with Crippen LogP contribution in [0.4, 0.5) is 0 Å². The number of aromatic carboxylic acids is 2. The number of halogens is 3. The summed E-state index contributed by atoms with van der Waals surface area (Å²) < 4.78 is 0. The van der Waals surface area contributed by atoms with Crippen LogP contribution in [0.5, 0.6) is 0 Å². The number of carboxylic acids is 2. The molecule has 2 aromatic rings. The van der Waals surface area contributed by atoms with Gasteiger partial charge >= 0.3 is 54.0 Å². The van der Waals surface area contributed by atoms with E-state index in [1.54, 1.807) is 0 Å². The Morgan fingerprint density at radius 1 is 0.818 bits per heavy atom. The first-order valence-electron chi connectivity index (χ1n) is 5.37. The van der Waals surface area contributed by atoms with Gasteiger partial charge in [0.1, 0.15) is 0 Å². The summed E-state index contributed by atoms with van der Waals surface area (Å²) in [5, 5.41) is 17.4. The van der Waals surface area contributed by atoms with Crippen LogP contribution in [0.2, 0.25) is 0 Å². The van der Waals surface area contributed by atoms with Crippen molar-refractivity contribution in [1.29, 1.82) is 0 Å². The Labute approximate surface area is 142 Å². The molecule has 22 heavy (non-hydrogen) atoms. The maximum atomic E-state index is 10.6. The summed E-state index contributed by atoms with van der Waals surface area (Å²) in [6, 6.07) is 5.87. The number of carbonyl (C=O) groups is 2. The van der Waals surface area contributed by atoms with Gasteiger partial charge in [0.05, 0.1) is 22.5 Å². The van der Waals surface area contributed by atoms with Crippen molar-refractivity contribution in [2.75, 3.05) is 0 Å². The first kappa shape index (κ1) is 18.8. The van der Waals surface area contributed by atoms with Gasteiger partial charge in [-0.15, -0.1) is 0 Å². The van der Waals surface area contributed by atoms with Gasteiger partial charge in [0.15, 0.2) is 0 Å². The molecule has 0 saturated carbocycles. The number of carboxylic acid groups (broad SMARTS) is 2. The Bertz CT molecular complexity index is 592. The van der Waals surface area contributed by atoms with Crippen molar-refractivity contribution in [1.82, 2.24) is 9.97 Å². The first-order chi connectivity index (χ1) is 10.3. The number of rotatable bonds is 3. The zero-order valence-corrected chi connectivity index (χ0v) is 14.6. The molecule has 2 heterocycles. The Morgan fingerprint density at radius 2 is 1.14 bits per heavy atom. The van der Waals surface area contributed by atoms with Gasteiger partial charge in [-0.1, -0.05) is 0 Å². The van der Waals surface area contributed by atoms with E-state index in [-0.39, 0.29) is 11.1 Å². The van der Waals surface area contributed by atoms with Gasteiger partial charge in [0.25, 0.3) is 0 Å². The van der Waals surface area contributed by atoms with E-state index < -0.39 is 24.9 Å². The molecule has 2 aromatic heterocycles. The van der Waals surface area contributed by atoms with Crippen molar-refractivity contribution in [3.05, 3.63) is 47.8 Å². The summed E-state index contributed by atoms with van der Waals surface area (Å²) in [6.45, 7) is 0. The topological polar surface area (TPSA) is 100 Å². The molecule has 0 amide bonds. The summed E-state index contributed by atoms with van der Waals surface area (Å²) in [7, 11) is 14.8. The van der Waals surface area contributed by atoms with E-state index in [1.165, 1.54) is 36.7 Å². The number of hydrogen-bond donors (Lipinski definition) is 2. The second kappa shape index (κ2) is 9.00. The van der Waals surface area contributed by atoms with Crippen molar-refractivity contribution in [3.8, 4) is 11.4 Å². The van der Waals surface area contributed by atoms with E-state index in [9.17, 15) is 9.59 Å². The standard InChI is InChI=1S/C12H8N2O4.3ClH.Ru/c15-11(16)7-1-3-9(13-5-7)10-4-2-8(6-14-10)12(17)18;;;;/h1-6H,(H,15,16)(H,17,18);3*1H;/q;;;;+3/p-3. The van der Waals surface area contributed by atoms with Gasteiger partial charge in [0.2, 0.25) is 0 Å². The minimum atomic E-state index is -1.75. The number of pyridine rings is 2. The van der Waals surface area contributed by atoms with Crippen molar-refractivity contribution >= 4 is 41.0 Å².